The Labute approximate surface area is 122 Å². The van der Waals surface area contributed by atoms with Gasteiger partial charge in [-0.15, -0.1) is 23.4 Å². The van der Waals surface area contributed by atoms with E-state index < -0.39 is 13.0 Å². The summed E-state index contributed by atoms with van der Waals surface area (Å²) in [7, 11) is -1.47. The Morgan fingerprint density at radius 1 is 1.44 bits per heavy atom. The van der Waals surface area contributed by atoms with Crippen LogP contribution in [-0.4, -0.2) is 23.8 Å². The van der Waals surface area contributed by atoms with Gasteiger partial charge in [0.25, 0.3) is 5.69 Å². The van der Waals surface area contributed by atoms with Gasteiger partial charge >= 0.3 is 0 Å². The van der Waals surface area contributed by atoms with Crippen LogP contribution in [0.4, 0.5) is 5.69 Å². The molecular formula is C11H15Cl2NO2SSi. The van der Waals surface area contributed by atoms with Crippen LogP contribution in [0.5, 0.6) is 0 Å². The van der Waals surface area contributed by atoms with Crippen molar-refractivity contribution >= 4 is 48.7 Å². The van der Waals surface area contributed by atoms with E-state index in [1.165, 1.54) is 17.8 Å². The molecule has 1 rings (SSSR count). The van der Waals surface area contributed by atoms with Crippen LogP contribution in [0.2, 0.25) is 24.7 Å². The van der Waals surface area contributed by atoms with Crippen LogP contribution in [0.25, 0.3) is 0 Å². The first-order valence-electron chi connectivity index (χ1n) is 5.42. The molecule has 0 N–H and O–H groups in total. The van der Waals surface area contributed by atoms with Gasteiger partial charge in [-0.3, -0.25) is 10.1 Å². The first kappa shape index (κ1) is 15.8. The van der Waals surface area contributed by atoms with E-state index in [-0.39, 0.29) is 10.6 Å². The van der Waals surface area contributed by atoms with Gasteiger partial charge in [0.2, 0.25) is 0 Å². The molecule has 100 valence electrons. The van der Waals surface area contributed by atoms with Crippen molar-refractivity contribution in [3.63, 3.8) is 0 Å². The average molecular weight is 324 g/mol. The van der Waals surface area contributed by atoms with E-state index in [0.717, 1.165) is 0 Å². The molecule has 0 aliphatic carbocycles. The number of benzene rings is 1. The second-order valence-electron chi connectivity index (χ2n) is 5.00. The van der Waals surface area contributed by atoms with Crippen molar-refractivity contribution in [2.24, 2.45) is 0 Å². The Hall–Kier alpha value is -0.233. The number of halogens is 2. The highest BCUT2D eigenvalue weighted by Crippen LogP contribution is 2.37. The van der Waals surface area contributed by atoms with E-state index in [2.05, 4.69) is 19.6 Å². The molecule has 1 aromatic rings. The van der Waals surface area contributed by atoms with Crippen LogP contribution in [0.15, 0.2) is 23.1 Å². The zero-order chi connectivity index (χ0) is 13.9. The minimum atomic E-state index is -1.47. The third kappa shape index (κ3) is 4.15. The highest BCUT2D eigenvalue weighted by molar-refractivity contribution is 8.01. The molecule has 7 heteroatoms. The first-order valence-corrected chi connectivity index (χ1v) is 10.8. The van der Waals surface area contributed by atoms with Crippen LogP contribution in [0.3, 0.4) is 0 Å². The van der Waals surface area contributed by atoms with E-state index in [9.17, 15) is 10.1 Å². The van der Waals surface area contributed by atoms with E-state index in [1.54, 1.807) is 12.1 Å². The normalized spacial score (nSPS) is 13.4. The van der Waals surface area contributed by atoms with Gasteiger partial charge in [-0.2, -0.15) is 0 Å². The lowest BCUT2D eigenvalue weighted by atomic mass is 10.3. The summed E-state index contributed by atoms with van der Waals surface area (Å²) in [4.78, 5) is 11.5. The van der Waals surface area contributed by atoms with Crippen LogP contribution in [-0.2, 0) is 0 Å². The Morgan fingerprint density at radius 2 is 2.06 bits per heavy atom. The number of nitro groups is 1. The molecule has 0 saturated heterocycles. The van der Waals surface area contributed by atoms with E-state index in [4.69, 9.17) is 23.2 Å². The molecular weight excluding hydrogens is 309 g/mol. The lowest BCUT2D eigenvalue weighted by molar-refractivity contribution is -0.387. The van der Waals surface area contributed by atoms with Crippen molar-refractivity contribution in [1.29, 1.82) is 0 Å². The zero-order valence-electron chi connectivity index (χ0n) is 10.4. The lowest BCUT2D eigenvalue weighted by Gasteiger charge is -2.26. The van der Waals surface area contributed by atoms with Gasteiger partial charge in [-0.25, -0.2) is 0 Å². The topological polar surface area (TPSA) is 43.1 Å². The zero-order valence-corrected chi connectivity index (χ0v) is 13.8. The van der Waals surface area contributed by atoms with Crippen molar-refractivity contribution in [3.8, 4) is 0 Å². The minimum Gasteiger partial charge on any atom is -0.258 e. The standard InChI is InChI=1S/C11H15Cl2NO2SSi/c1-18(2,3)11(7-12)17-10-5-4-8(13)6-9(10)14(15)16/h4-6,11H,7H2,1-3H3. The molecule has 18 heavy (non-hydrogen) atoms. The summed E-state index contributed by atoms with van der Waals surface area (Å²) in [6.45, 7) is 6.61. The maximum atomic E-state index is 11.0. The maximum Gasteiger partial charge on any atom is 0.284 e. The van der Waals surface area contributed by atoms with E-state index in [0.29, 0.717) is 15.8 Å². The van der Waals surface area contributed by atoms with Gasteiger partial charge in [-0.05, 0) is 12.1 Å². The molecule has 0 aliphatic rings. The predicted molar refractivity (Wildman–Crippen MR) is 81.8 cm³/mol. The second-order valence-corrected chi connectivity index (χ2v) is 12.8. The molecule has 1 aromatic carbocycles. The fourth-order valence-corrected chi connectivity index (χ4v) is 6.10. The molecule has 0 amide bonds. The van der Waals surface area contributed by atoms with E-state index in [1.807, 2.05) is 0 Å². The Kier molecular flexibility index (Phi) is 5.52. The molecule has 0 radical (unpaired) electrons. The number of hydrogen-bond donors (Lipinski definition) is 0. The fraction of sp³-hybridized carbons (Fsp3) is 0.455. The number of alkyl halides is 1. The van der Waals surface area contributed by atoms with Crippen molar-refractivity contribution in [2.75, 3.05) is 5.88 Å². The fourth-order valence-electron chi connectivity index (χ4n) is 1.33. The van der Waals surface area contributed by atoms with Gasteiger partial charge in [0.1, 0.15) is 0 Å². The molecule has 0 saturated carbocycles. The van der Waals surface area contributed by atoms with Crippen molar-refractivity contribution in [3.05, 3.63) is 33.3 Å². The van der Waals surface area contributed by atoms with Crippen LogP contribution >= 0.6 is 35.0 Å². The summed E-state index contributed by atoms with van der Waals surface area (Å²) >= 11 is 13.3. The second kappa shape index (κ2) is 6.28. The van der Waals surface area contributed by atoms with E-state index >= 15 is 0 Å². The SMILES string of the molecule is C[Si](C)(C)C(CCl)Sc1ccc(Cl)cc1[N+](=O)[O-]. The molecule has 3 nitrogen and oxygen atoms in total. The number of rotatable bonds is 5. The maximum absolute atomic E-state index is 11.0. The predicted octanol–water partition coefficient (Wildman–Crippen LogP) is 4.83. The third-order valence-electron chi connectivity index (χ3n) is 2.49. The van der Waals surface area contributed by atoms with Crippen molar-refractivity contribution in [2.45, 2.75) is 29.4 Å². The highest BCUT2D eigenvalue weighted by atomic mass is 35.5. The summed E-state index contributed by atoms with van der Waals surface area (Å²) in [6.07, 6.45) is 0. The lowest BCUT2D eigenvalue weighted by Crippen LogP contribution is -2.37. The highest BCUT2D eigenvalue weighted by Gasteiger charge is 2.29. The van der Waals surface area contributed by atoms with Gasteiger partial charge in [0.05, 0.1) is 17.9 Å². The number of nitrogens with zero attached hydrogens (tertiary/aromatic N) is 1. The van der Waals surface area contributed by atoms with Gasteiger partial charge in [-0.1, -0.05) is 31.2 Å². The van der Waals surface area contributed by atoms with Crippen molar-refractivity contribution < 1.29 is 4.92 Å². The summed E-state index contributed by atoms with van der Waals surface area (Å²) in [5, 5.41) is 11.4. The van der Waals surface area contributed by atoms with Gasteiger partial charge in [0, 0.05) is 21.8 Å². The monoisotopic (exact) mass is 323 g/mol. The molecule has 0 aliphatic heterocycles. The van der Waals surface area contributed by atoms with Crippen LogP contribution in [0, 0.1) is 10.1 Å². The number of nitro benzene ring substituents is 1. The molecule has 0 fully saturated rings. The number of hydrogen-bond acceptors (Lipinski definition) is 3. The molecule has 0 heterocycles. The average Bonchev–Trinajstić information content (AvgIpc) is 2.25. The summed E-state index contributed by atoms with van der Waals surface area (Å²) < 4.78 is 0. The van der Waals surface area contributed by atoms with Gasteiger partial charge < -0.3 is 0 Å². The molecule has 1 atom stereocenters. The quantitative estimate of drug-likeness (QED) is 0.256. The number of thioether (sulfide) groups is 1. The summed E-state index contributed by atoms with van der Waals surface area (Å²) in [5.41, 5.74) is 0.0564. The molecule has 0 spiro atoms. The van der Waals surface area contributed by atoms with Crippen LogP contribution < -0.4 is 0 Å². The molecule has 1 unspecified atom stereocenters. The Balaban J connectivity index is 3.07. The smallest absolute Gasteiger partial charge is 0.258 e. The molecule has 0 aromatic heterocycles. The van der Waals surface area contributed by atoms with Crippen LogP contribution in [0.1, 0.15) is 0 Å². The first-order chi connectivity index (χ1) is 8.25. The van der Waals surface area contributed by atoms with Gasteiger partial charge in [0.15, 0.2) is 0 Å². The Bertz CT molecular complexity index is 451. The summed E-state index contributed by atoms with van der Waals surface area (Å²) in [6, 6.07) is 4.76. The molecule has 0 bridgehead atoms. The minimum absolute atomic E-state index is 0.0564. The Morgan fingerprint density at radius 3 is 2.50 bits per heavy atom. The summed E-state index contributed by atoms with van der Waals surface area (Å²) in [5.74, 6) is 0.500. The largest absolute Gasteiger partial charge is 0.284 e. The van der Waals surface area contributed by atoms with Crippen molar-refractivity contribution in [1.82, 2.24) is 0 Å². The third-order valence-corrected chi connectivity index (χ3v) is 9.14.